The Morgan fingerprint density at radius 1 is 1.39 bits per heavy atom. The molecule has 0 spiro atoms. The molecule has 1 fully saturated rings. The molecular formula is C13H18N2O3. The van der Waals surface area contributed by atoms with Crippen LogP contribution in [0, 0.1) is 5.92 Å². The van der Waals surface area contributed by atoms with Crippen LogP contribution in [0.5, 0.6) is 11.5 Å². The molecule has 0 amide bonds. The molecule has 98 valence electrons. The lowest BCUT2D eigenvalue weighted by atomic mass is 10.1. The number of likely N-dealkylation sites (tertiary alicyclic amines) is 1. The van der Waals surface area contributed by atoms with Crippen molar-refractivity contribution in [1.29, 1.82) is 0 Å². The average Bonchev–Trinajstić information content (AvgIpc) is 2.80. The van der Waals surface area contributed by atoms with Crippen molar-refractivity contribution >= 4 is 5.78 Å². The molecule has 4 N–H and O–H groups in total. The van der Waals surface area contributed by atoms with Gasteiger partial charge in [0.05, 0.1) is 6.54 Å². The molecule has 1 saturated heterocycles. The third-order valence-electron chi connectivity index (χ3n) is 3.37. The molecule has 18 heavy (non-hydrogen) atoms. The van der Waals surface area contributed by atoms with Crippen LogP contribution in [0.1, 0.15) is 16.8 Å². The summed E-state index contributed by atoms with van der Waals surface area (Å²) < 4.78 is 0. The van der Waals surface area contributed by atoms with Crippen LogP contribution in [-0.2, 0) is 0 Å². The number of rotatable bonds is 4. The number of nitrogens with zero attached hydrogens (tertiary/aromatic N) is 1. The summed E-state index contributed by atoms with van der Waals surface area (Å²) in [6.45, 7) is 2.73. The number of phenols is 2. The van der Waals surface area contributed by atoms with Gasteiger partial charge in [0.15, 0.2) is 17.3 Å². The first-order chi connectivity index (χ1) is 8.60. The SMILES string of the molecule is NCC1CCN(CC(=O)c2ccc(O)c(O)c2)C1. The molecule has 1 aliphatic rings. The maximum atomic E-state index is 12.0. The molecule has 1 aliphatic heterocycles. The Kier molecular flexibility index (Phi) is 3.84. The minimum atomic E-state index is -0.262. The third kappa shape index (κ3) is 2.80. The lowest BCUT2D eigenvalue weighted by Crippen LogP contribution is -2.29. The van der Waals surface area contributed by atoms with E-state index in [1.807, 2.05) is 0 Å². The van der Waals surface area contributed by atoms with E-state index in [0.29, 0.717) is 24.6 Å². The van der Waals surface area contributed by atoms with Gasteiger partial charge in [-0.15, -0.1) is 0 Å². The second-order valence-corrected chi connectivity index (χ2v) is 4.75. The van der Waals surface area contributed by atoms with Crippen molar-refractivity contribution in [2.75, 3.05) is 26.2 Å². The first-order valence-electron chi connectivity index (χ1n) is 6.07. The van der Waals surface area contributed by atoms with Gasteiger partial charge in [0.2, 0.25) is 0 Å². The van der Waals surface area contributed by atoms with Gasteiger partial charge in [-0.3, -0.25) is 9.69 Å². The predicted octanol–water partition coefficient (Wildman–Crippen LogP) is 0.561. The molecule has 0 bridgehead atoms. The number of carbonyl (C=O) groups is 1. The highest BCUT2D eigenvalue weighted by molar-refractivity contribution is 5.98. The molecule has 1 heterocycles. The fourth-order valence-electron chi connectivity index (χ4n) is 2.24. The van der Waals surface area contributed by atoms with Gasteiger partial charge in [-0.1, -0.05) is 0 Å². The van der Waals surface area contributed by atoms with Crippen molar-refractivity contribution in [3.63, 3.8) is 0 Å². The minimum Gasteiger partial charge on any atom is -0.504 e. The normalized spacial score (nSPS) is 20.2. The zero-order valence-electron chi connectivity index (χ0n) is 10.2. The third-order valence-corrected chi connectivity index (χ3v) is 3.37. The van der Waals surface area contributed by atoms with Crippen molar-refractivity contribution in [3.8, 4) is 11.5 Å². The molecule has 1 atom stereocenters. The first-order valence-corrected chi connectivity index (χ1v) is 6.07. The number of hydrogen-bond acceptors (Lipinski definition) is 5. The van der Waals surface area contributed by atoms with E-state index in [9.17, 15) is 15.0 Å². The standard InChI is InChI=1S/C13H18N2O3/c14-6-9-3-4-15(7-9)8-13(18)10-1-2-11(16)12(17)5-10/h1-2,5,9,16-17H,3-4,6-8,14H2. The van der Waals surface area contributed by atoms with Crippen molar-refractivity contribution in [2.45, 2.75) is 6.42 Å². The summed E-state index contributed by atoms with van der Waals surface area (Å²) in [5.74, 6) is -0.0491. The van der Waals surface area contributed by atoms with Gasteiger partial charge < -0.3 is 15.9 Å². The molecule has 1 aromatic carbocycles. The van der Waals surface area contributed by atoms with E-state index in [2.05, 4.69) is 4.90 Å². The number of Topliss-reactive ketones (excluding diaryl/α,β-unsaturated/α-hetero) is 1. The molecular weight excluding hydrogens is 232 g/mol. The highest BCUT2D eigenvalue weighted by Gasteiger charge is 2.23. The predicted molar refractivity (Wildman–Crippen MR) is 67.7 cm³/mol. The quantitative estimate of drug-likeness (QED) is 0.537. The Morgan fingerprint density at radius 3 is 2.78 bits per heavy atom. The molecule has 0 radical (unpaired) electrons. The van der Waals surface area contributed by atoms with E-state index < -0.39 is 0 Å². The molecule has 0 saturated carbocycles. The Balaban J connectivity index is 1.97. The maximum absolute atomic E-state index is 12.0. The van der Waals surface area contributed by atoms with Gasteiger partial charge in [0, 0.05) is 12.1 Å². The lowest BCUT2D eigenvalue weighted by Gasteiger charge is -2.14. The molecule has 1 unspecified atom stereocenters. The second-order valence-electron chi connectivity index (χ2n) is 4.75. The van der Waals surface area contributed by atoms with Crippen LogP contribution in [-0.4, -0.2) is 47.1 Å². The maximum Gasteiger partial charge on any atom is 0.176 e. The monoisotopic (exact) mass is 250 g/mol. The number of ketones is 1. The number of phenolic OH excluding ortho intramolecular Hbond substituents is 2. The van der Waals surface area contributed by atoms with Crippen molar-refractivity contribution < 1.29 is 15.0 Å². The number of aromatic hydroxyl groups is 2. The Hall–Kier alpha value is -1.59. The van der Waals surface area contributed by atoms with Gasteiger partial charge in [-0.25, -0.2) is 0 Å². The number of nitrogens with two attached hydrogens (primary N) is 1. The fourth-order valence-corrected chi connectivity index (χ4v) is 2.24. The van der Waals surface area contributed by atoms with E-state index >= 15 is 0 Å². The van der Waals surface area contributed by atoms with Gasteiger partial charge in [-0.05, 0) is 43.6 Å². The smallest absolute Gasteiger partial charge is 0.176 e. The van der Waals surface area contributed by atoms with Crippen molar-refractivity contribution in [2.24, 2.45) is 11.7 Å². The molecule has 0 aliphatic carbocycles. The lowest BCUT2D eigenvalue weighted by molar-refractivity contribution is 0.0943. The Bertz CT molecular complexity index is 448. The van der Waals surface area contributed by atoms with Gasteiger partial charge in [-0.2, -0.15) is 0 Å². The van der Waals surface area contributed by atoms with Crippen LogP contribution in [0.15, 0.2) is 18.2 Å². The van der Waals surface area contributed by atoms with Crippen LogP contribution in [0.2, 0.25) is 0 Å². The van der Waals surface area contributed by atoms with Gasteiger partial charge in [0.1, 0.15) is 0 Å². The molecule has 5 heteroatoms. The van der Waals surface area contributed by atoms with Crippen LogP contribution in [0.4, 0.5) is 0 Å². The summed E-state index contributed by atoms with van der Waals surface area (Å²) in [5, 5.41) is 18.5. The summed E-state index contributed by atoms with van der Waals surface area (Å²) in [4.78, 5) is 14.1. The van der Waals surface area contributed by atoms with Crippen molar-refractivity contribution in [3.05, 3.63) is 23.8 Å². The second kappa shape index (κ2) is 5.37. The molecule has 1 aromatic rings. The van der Waals surface area contributed by atoms with Gasteiger partial charge >= 0.3 is 0 Å². The Morgan fingerprint density at radius 2 is 2.17 bits per heavy atom. The van der Waals surface area contributed by atoms with Crippen LogP contribution in [0.3, 0.4) is 0 Å². The summed E-state index contributed by atoms with van der Waals surface area (Å²) in [5.41, 5.74) is 6.02. The van der Waals surface area contributed by atoms with E-state index in [4.69, 9.17) is 5.73 Å². The average molecular weight is 250 g/mol. The molecule has 5 nitrogen and oxygen atoms in total. The van der Waals surface area contributed by atoms with E-state index in [1.165, 1.54) is 18.2 Å². The van der Waals surface area contributed by atoms with Crippen LogP contribution >= 0.6 is 0 Å². The Labute approximate surface area is 106 Å². The van der Waals surface area contributed by atoms with Crippen molar-refractivity contribution in [1.82, 2.24) is 4.90 Å². The minimum absolute atomic E-state index is 0.0528. The van der Waals surface area contributed by atoms with Crippen LogP contribution < -0.4 is 5.73 Å². The number of hydrogen-bond donors (Lipinski definition) is 3. The zero-order valence-corrected chi connectivity index (χ0v) is 10.2. The summed E-state index contributed by atoms with van der Waals surface area (Å²) >= 11 is 0. The number of benzene rings is 1. The molecule has 2 rings (SSSR count). The number of carbonyl (C=O) groups excluding carboxylic acids is 1. The topological polar surface area (TPSA) is 86.8 Å². The molecule has 0 aromatic heterocycles. The van der Waals surface area contributed by atoms with Crippen LogP contribution in [0.25, 0.3) is 0 Å². The van der Waals surface area contributed by atoms with E-state index in [1.54, 1.807) is 0 Å². The van der Waals surface area contributed by atoms with E-state index in [-0.39, 0.29) is 17.3 Å². The van der Waals surface area contributed by atoms with Gasteiger partial charge in [0.25, 0.3) is 0 Å². The fraction of sp³-hybridized carbons (Fsp3) is 0.462. The summed E-state index contributed by atoms with van der Waals surface area (Å²) in [6.07, 6.45) is 1.03. The zero-order chi connectivity index (χ0) is 13.1. The first kappa shape index (κ1) is 12.9. The van der Waals surface area contributed by atoms with E-state index in [0.717, 1.165) is 19.5 Å². The summed E-state index contributed by atoms with van der Waals surface area (Å²) in [6, 6.07) is 4.15. The largest absolute Gasteiger partial charge is 0.504 e. The highest BCUT2D eigenvalue weighted by Crippen LogP contribution is 2.25. The summed E-state index contributed by atoms with van der Waals surface area (Å²) in [7, 11) is 0. The highest BCUT2D eigenvalue weighted by atomic mass is 16.3.